The van der Waals surface area contributed by atoms with E-state index in [1.54, 1.807) is 36.6 Å². The largest absolute Gasteiger partial charge is 0.465 e. The number of piperidine rings is 1. The van der Waals surface area contributed by atoms with Crippen molar-refractivity contribution in [3.05, 3.63) is 65.1 Å². The molecule has 24 heavy (non-hydrogen) atoms. The molecule has 1 aromatic heterocycles. The van der Waals surface area contributed by atoms with Crippen LogP contribution in [0.5, 0.6) is 0 Å². The lowest BCUT2D eigenvalue weighted by Gasteiger charge is -2.34. The van der Waals surface area contributed by atoms with E-state index in [4.69, 9.17) is 16.0 Å². The molecule has 2 heterocycles. The Labute approximate surface area is 146 Å². The van der Waals surface area contributed by atoms with Crippen molar-refractivity contribution in [1.29, 1.82) is 0 Å². The van der Waals surface area contributed by atoms with E-state index in [1.165, 1.54) is 6.08 Å². The highest BCUT2D eigenvalue weighted by molar-refractivity contribution is 6.30. The number of amides is 1. The van der Waals surface area contributed by atoms with E-state index in [-0.39, 0.29) is 11.8 Å². The van der Waals surface area contributed by atoms with Gasteiger partial charge in [0.1, 0.15) is 5.76 Å². The van der Waals surface area contributed by atoms with Crippen molar-refractivity contribution in [2.45, 2.75) is 18.9 Å². The Morgan fingerprint density at radius 2 is 1.96 bits per heavy atom. The monoisotopic (exact) mass is 345 g/mol. The van der Waals surface area contributed by atoms with Crippen LogP contribution >= 0.6 is 11.6 Å². The van der Waals surface area contributed by atoms with Crippen molar-refractivity contribution >= 4 is 23.6 Å². The second-order valence-corrected chi connectivity index (χ2v) is 6.44. The second-order valence-electron chi connectivity index (χ2n) is 6.01. The molecule has 0 saturated carbocycles. The fourth-order valence-electron chi connectivity index (χ4n) is 3.01. The van der Waals surface area contributed by atoms with E-state index in [9.17, 15) is 9.90 Å². The summed E-state index contributed by atoms with van der Waals surface area (Å²) in [5.41, 5.74) is 0.877. The number of likely N-dealkylation sites (tertiary alicyclic amines) is 1. The molecule has 0 spiro atoms. The van der Waals surface area contributed by atoms with Crippen molar-refractivity contribution < 1.29 is 14.3 Å². The van der Waals surface area contributed by atoms with Crippen LogP contribution in [0, 0.1) is 5.92 Å². The maximum absolute atomic E-state index is 12.2. The second kappa shape index (κ2) is 7.69. The van der Waals surface area contributed by atoms with Gasteiger partial charge in [0.15, 0.2) is 0 Å². The van der Waals surface area contributed by atoms with Crippen molar-refractivity contribution in [2.75, 3.05) is 13.1 Å². The standard InChI is InChI=1S/C19H20ClNO3/c20-16-5-3-14(4-6-16)19(23)15-9-11-21(12-10-15)18(22)8-7-17-2-1-13-24-17/h1-8,13,15,19,23H,9-12H2/b8-7-/t19-/m0/s1. The summed E-state index contributed by atoms with van der Waals surface area (Å²) in [6.07, 6.45) is 5.84. The fourth-order valence-corrected chi connectivity index (χ4v) is 3.14. The Kier molecular flexibility index (Phi) is 5.38. The summed E-state index contributed by atoms with van der Waals surface area (Å²) >= 11 is 5.88. The van der Waals surface area contributed by atoms with Gasteiger partial charge in [-0.15, -0.1) is 0 Å². The molecule has 0 radical (unpaired) electrons. The molecule has 1 atom stereocenters. The molecule has 3 rings (SSSR count). The number of furan rings is 1. The molecule has 4 nitrogen and oxygen atoms in total. The molecule has 2 aromatic rings. The van der Waals surface area contributed by atoms with E-state index in [0.29, 0.717) is 23.9 Å². The van der Waals surface area contributed by atoms with Crippen molar-refractivity contribution in [1.82, 2.24) is 4.90 Å². The Bertz CT molecular complexity index is 686. The van der Waals surface area contributed by atoms with E-state index in [1.807, 2.05) is 17.0 Å². The molecule has 5 heteroatoms. The normalized spacial score (nSPS) is 17.3. The minimum atomic E-state index is -0.516. The third-order valence-electron chi connectivity index (χ3n) is 4.44. The minimum Gasteiger partial charge on any atom is -0.465 e. The van der Waals surface area contributed by atoms with Gasteiger partial charge in [0.2, 0.25) is 5.91 Å². The Balaban J connectivity index is 1.53. The van der Waals surface area contributed by atoms with Crippen LogP contribution in [-0.4, -0.2) is 29.0 Å². The first-order chi connectivity index (χ1) is 11.6. The van der Waals surface area contributed by atoms with Gasteiger partial charge < -0.3 is 14.4 Å². The highest BCUT2D eigenvalue weighted by Crippen LogP contribution is 2.31. The topological polar surface area (TPSA) is 53.7 Å². The zero-order chi connectivity index (χ0) is 16.9. The number of benzene rings is 1. The highest BCUT2D eigenvalue weighted by Gasteiger charge is 2.27. The molecule has 126 valence electrons. The lowest BCUT2D eigenvalue weighted by Crippen LogP contribution is -2.38. The van der Waals surface area contributed by atoms with Gasteiger partial charge >= 0.3 is 0 Å². The molecular formula is C19H20ClNO3. The predicted molar refractivity (Wildman–Crippen MR) is 93.5 cm³/mol. The first-order valence-corrected chi connectivity index (χ1v) is 8.45. The van der Waals surface area contributed by atoms with E-state index < -0.39 is 6.10 Å². The number of aliphatic hydroxyl groups is 1. The smallest absolute Gasteiger partial charge is 0.246 e. The summed E-state index contributed by atoms with van der Waals surface area (Å²) in [6, 6.07) is 10.9. The van der Waals surface area contributed by atoms with Gasteiger partial charge in [-0.1, -0.05) is 23.7 Å². The fraction of sp³-hybridized carbons (Fsp3) is 0.316. The molecular weight excluding hydrogens is 326 g/mol. The molecule has 1 aliphatic rings. The van der Waals surface area contributed by atoms with Crippen LogP contribution in [0.2, 0.25) is 5.02 Å². The van der Waals surface area contributed by atoms with Crippen molar-refractivity contribution in [2.24, 2.45) is 5.92 Å². The first-order valence-electron chi connectivity index (χ1n) is 8.07. The van der Waals surface area contributed by atoms with Crippen molar-refractivity contribution in [3.8, 4) is 0 Å². The zero-order valence-electron chi connectivity index (χ0n) is 13.3. The number of aliphatic hydroxyl groups excluding tert-OH is 1. The van der Waals surface area contributed by atoms with Gasteiger partial charge in [-0.05, 0) is 54.7 Å². The van der Waals surface area contributed by atoms with Crippen LogP contribution in [0.3, 0.4) is 0 Å². The minimum absolute atomic E-state index is 0.0224. The molecule has 1 aromatic carbocycles. The number of halogens is 1. The third kappa shape index (κ3) is 4.08. The summed E-state index contributed by atoms with van der Waals surface area (Å²) < 4.78 is 5.18. The molecule has 1 amide bonds. The van der Waals surface area contributed by atoms with Crippen molar-refractivity contribution in [3.63, 3.8) is 0 Å². The van der Waals surface area contributed by atoms with Gasteiger partial charge in [-0.3, -0.25) is 4.79 Å². The lowest BCUT2D eigenvalue weighted by atomic mass is 9.87. The number of carbonyl (C=O) groups excluding carboxylic acids is 1. The Hall–Kier alpha value is -2.04. The molecule has 1 N–H and O–H groups in total. The van der Waals surface area contributed by atoms with Crippen LogP contribution in [0.4, 0.5) is 0 Å². The number of rotatable bonds is 4. The van der Waals surface area contributed by atoms with Crippen LogP contribution < -0.4 is 0 Å². The highest BCUT2D eigenvalue weighted by atomic mass is 35.5. The first kappa shape index (κ1) is 16.8. The van der Waals surface area contributed by atoms with Gasteiger partial charge in [-0.25, -0.2) is 0 Å². The van der Waals surface area contributed by atoms with Gasteiger partial charge in [0.05, 0.1) is 12.4 Å². The Morgan fingerprint density at radius 1 is 1.25 bits per heavy atom. The van der Waals surface area contributed by atoms with E-state index in [0.717, 1.165) is 18.4 Å². The summed E-state index contributed by atoms with van der Waals surface area (Å²) in [6.45, 7) is 1.30. The van der Waals surface area contributed by atoms with Crippen LogP contribution in [-0.2, 0) is 4.79 Å². The van der Waals surface area contributed by atoms with Crippen LogP contribution in [0.15, 0.2) is 53.2 Å². The number of carbonyl (C=O) groups is 1. The van der Waals surface area contributed by atoms with Gasteiger partial charge in [0, 0.05) is 24.2 Å². The summed E-state index contributed by atoms with van der Waals surface area (Å²) in [5, 5.41) is 11.2. The van der Waals surface area contributed by atoms with E-state index >= 15 is 0 Å². The number of hydrogen-bond acceptors (Lipinski definition) is 3. The maximum atomic E-state index is 12.2. The lowest BCUT2D eigenvalue weighted by molar-refractivity contribution is -0.127. The van der Waals surface area contributed by atoms with Crippen LogP contribution in [0.1, 0.15) is 30.3 Å². The molecule has 0 unspecified atom stereocenters. The molecule has 1 saturated heterocycles. The zero-order valence-corrected chi connectivity index (χ0v) is 14.0. The van der Waals surface area contributed by atoms with Crippen LogP contribution in [0.25, 0.3) is 6.08 Å². The molecule has 0 bridgehead atoms. The van der Waals surface area contributed by atoms with Gasteiger partial charge in [0.25, 0.3) is 0 Å². The quantitative estimate of drug-likeness (QED) is 0.854. The number of hydrogen-bond donors (Lipinski definition) is 1. The maximum Gasteiger partial charge on any atom is 0.246 e. The predicted octanol–water partition coefficient (Wildman–Crippen LogP) is 3.92. The molecule has 0 aliphatic carbocycles. The third-order valence-corrected chi connectivity index (χ3v) is 4.69. The SMILES string of the molecule is O=C(/C=C\c1ccco1)N1CCC([C@@H](O)c2ccc(Cl)cc2)CC1. The number of nitrogens with zero attached hydrogens (tertiary/aromatic N) is 1. The van der Waals surface area contributed by atoms with E-state index in [2.05, 4.69) is 0 Å². The Morgan fingerprint density at radius 3 is 2.58 bits per heavy atom. The summed E-state index contributed by atoms with van der Waals surface area (Å²) in [7, 11) is 0. The average molecular weight is 346 g/mol. The average Bonchev–Trinajstić information content (AvgIpc) is 3.13. The summed E-state index contributed by atoms with van der Waals surface area (Å²) in [4.78, 5) is 14.0. The van der Waals surface area contributed by atoms with Gasteiger partial charge in [-0.2, -0.15) is 0 Å². The molecule has 1 aliphatic heterocycles. The summed E-state index contributed by atoms with van der Waals surface area (Å²) in [5.74, 6) is 0.798. The molecule has 1 fully saturated rings.